The highest BCUT2D eigenvalue weighted by Crippen LogP contribution is 2.20. The molecule has 0 aromatic heterocycles. The van der Waals surface area contributed by atoms with Crippen molar-refractivity contribution >= 4 is 12.1 Å². The fourth-order valence-electron chi connectivity index (χ4n) is 1.54. The van der Waals surface area contributed by atoms with Crippen LogP contribution in [0, 0.1) is 0 Å². The van der Waals surface area contributed by atoms with Gasteiger partial charge in [-0.25, -0.2) is 0 Å². The zero-order chi connectivity index (χ0) is 13.5. The Balaban J connectivity index is 2.28. The minimum Gasteiger partial charge on any atom is -0.467 e. The quantitative estimate of drug-likeness (QED) is 0.585. The standard InChI is InChI=1S/C16H16O2/c1-17-13-18-16-10-6-5-9-15(16)12-11-14-7-3-2-4-8-14/h2-12H,13H2,1H3/b12-11-/i12D. The largest absolute Gasteiger partial charge is 0.467 e. The molecule has 2 heteroatoms. The first kappa shape index (κ1) is 11.1. The molecule has 0 atom stereocenters. The first-order valence-corrected chi connectivity index (χ1v) is 5.76. The molecule has 0 heterocycles. The lowest BCUT2D eigenvalue weighted by Crippen LogP contribution is -1.99. The highest BCUT2D eigenvalue weighted by Gasteiger charge is 1.98. The molecule has 0 aliphatic heterocycles. The van der Waals surface area contributed by atoms with Gasteiger partial charge in [0.05, 0.1) is 1.37 Å². The van der Waals surface area contributed by atoms with Crippen LogP contribution in [0.15, 0.2) is 54.6 Å². The van der Waals surface area contributed by atoms with E-state index < -0.39 is 0 Å². The van der Waals surface area contributed by atoms with Crippen LogP contribution >= 0.6 is 0 Å². The van der Waals surface area contributed by atoms with Crippen LogP contribution in [0.25, 0.3) is 12.1 Å². The summed E-state index contributed by atoms with van der Waals surface area (Å²) in [7, 11) is 1.57. The molecule has 2 nitrogen and oxygen atoms in total. The van der Waals surface area contributed by atoms with Gasteiger partial charge in [-0.05, 0) is 11.6 Å². The first-order chi connectivity index (χ1) is 9.31. The minimum absolute atomic E-state index is 0.176. The Morgan fingerprint density at radius 3 is 2.56 bits per heavy atom. The number of benzene rings is 2. The van der Waals surface area contributed by atoms with E-state index in [4.69, 9.17) is 10.8 Å². The van der Waals surface area contributed by atoms with Gasteiger partial charge in [-0.3, -0.25) is 0 Å². The molecule has 0 unspecified atom stereocenters. The summed E-state index contributed by atoms with van der Waals surface area (Å²) in [5.74, 6) is 0.654. The third-order valence-electron chi connectivity index (χ3n) is 2.41. The molecular weight excluding hydrogens is 224 g/mol. The van der Waals surface area contributed by atoms with Crippen LogP contribution in [0.1, 0.15) is 12.5 Å². The van der Waals surface area contributed by atoms with Crippen molar-refractivity contribution in [3.05, 3.63) is 65.7 Å². The van der Waals surface area contributed by atoms with Gasteiger partial charge in [0.25, 0.3) is 0 Å². The van der Waals surface area contributed by atoms with Crippen molar-refractivity contribution in [2.24, 2.45) is 0 Å². The van der Waals surface area contributed by atoms with Gasteiger partial charge in [0.2, 0.25) is 0 Å². The third kappa shape index (κ3) is 3.47. The number of rotatable bonds is 5. The normalized spacial score (nSPS) is 12.1. The predicted octanol–water partition coefficient (Wildman–Crippen LogP) is 3.84. The van der Waals surface area contributed by atoms with Crippen LogP contribution in [-0.4, -0.2) is 13.9 Å². The fraction of sp³-hybridized carbons (Fsp3) is 0.125. The Bertz CT molecular complexity index is 550. The summed E-state index contributed by atoms with van der Waals surface area (Å²) in [4.78, 5) is 0. The summed E-state index contributed by atoms with van der Waals surface area (Å²) >= 11 is 0. The maximum atomic E-state index is 8.17. The molecule has 0 amide bonds. The molecule has 2 rings (SSSR count). The zero-order valence-electron chi connectivity index (χ0n) is 11.3. The zero-order valence-corrected chi connectivity index (χ0v) is 10.3. The van der Waals surface area contributed by atoms with E-state index in [2.05, 4.69) is 0 Å². The lowest BCUT2D eigenvalue weighted by molar-refractivity contribution is 0.0510. The molecule has 18 heavy (non-hydrogen) atoms. The SMILES string of the molecule is [2H]/C(=C/c1ccccc1)c1ccccc1OCOC. The van der Waals surface area contributed by atoms with Gasteiger partial charge in [0.15, 0.2) is 6.79 Å². The van der Waals surface area contributed by atoms with Gasteiger partial charge in [0, 0.05) is 12.7 Å². The van der Waals surface area contributed by atoms with Gasteiger partial charge in [0.1, 0.15) is 5.75 Å². The van der Waals surface area contributed by atoms with Crippen LogP contribution in [-0.2, 0) is 4.74 Å². The Labute approximate surface area is 109 Å². The van der Waals surface area contributed by atoms with E-state index in [0.717, 1.165) is 11.1 Å². The average molecular weight is 241 g/mol. The molecule has 0 fully saturated rings. The summed E-state index contributed by atoms with van der Waals surface area (Å²) in [6.07, 6.45) is 1.81. The molecule has 0 spiro atoms. The second kappa shape index (κ2) is 6.62. The summed E-state index contributed by atoms with van der Waals surface area (Å²) in [5, 5.41) is 0. The molecule has 0 aliphatic carbocycles. The van der Waals surface area contributed by atoms with E-state index in [9.17, 15) is 0 Å². The van der Waals surface area contributed by atoms with Crippen LogP contribution in [0.2, 0.25) is 0 Å². The van der Waals surface area contributed by atoms with Crippen molar-refractivity contribution in [3.63, 3.8) is 0 Å². The Hall–Kier alpha value is -2.06. The van der Waals surface area contributed by atoms with Crippen molar-refractivity contribution in [1.29, 1.82) is 0 Å². The number of ether oxygens (including phenoxy) is 2. The van der Waals surface area contributed by atoms with E-state index in [0.29, 0.717) is 11.8 Å². The molecule has 0 radical (unpaired) electrons. The molecule has 2 aromatic carbocycles. The summed E-state index contributed by atoms with van der Waals surface area (Å²) < 4.78 is 18.5. The number of para-hydroxylation sites is 1. The van der Waals surface area contributed by atoms with E-state index in [1.165, 1.54) is 0 Å². The van der Waals surface area contributed by atoms with Gasteiger partial charge in [-0.2, -0.15) is 0 Å². The first-order valence-electron chi connectivity index (χ1n) is 6.26. The second-order valence-corrected chi connectivity index (χ2v) is 3.75. The topological polar surface area (TPSA) is 18.5 Å². The van der Waals surface area contributed by atoms with Crippen molar-refractivity contribution in [2.45, 2.75) is 0 Å². The van der Waals surface area contributed by atoms with Crippen molar-refractivity contribution in [1.82, 2.24) is 0 Å². The van der Waals surface area contributed by atoms with E-state index >= 15 is 0 Å². The van der Waals surface area contributed by atoms with Gasteiger partial charge >= 0.3 is 0 Å². The van der Waals surface area contributed by atoms with Crippen molar-refractivity contribution in [3.8, 4) is 5.75 Å². The van der Waals surface area contributed by atoms with E-state index in [-0.39, 0.29) is 6.79 Å². The number of hydrogen-bond donors (Lipinski definition) is 0. The molecular formula is C16H16O2. The smallest absolute Gasteiger partial charge is 0.188 e. The van der Waals surface area contributed by atoms with Crippen LogP contribution in [0.4, 0.5) is 0 Å². The maximum Gasteiger partial charge on any atom is 0.188 e. The van der Waals surface area contributed by atoms with Crippen LogP contribution in [0.5, 0.6) is 5.75 Å². The minimum atomic E-state index is 0.176. The number of methoxy groups -OCH3 is 1. The van der Waals surface area contributed by atoms with E-state index in [1.54, 1.807) is 7.11 Å². The monoisotopic (exact) mass is 241 g/mol. The molecule has 0 aliphatic rings. The molecule has 2 aromatic rings. The Morgan fingerprint density at radius 1 is 1.06 bits per heavy atom. The molecule has 0 saturated carbocycles. The third-order valence-corrected chi connectivity index (χ3v) is 2.41. The molecule has 0 N–H and O–H groups in total. The molecule has 92 valence electrons. The lowest BCUT2D eigenvalue weighted by Gasteiger charge is -2.07. The summed E-state index contributed by atoms with van der Waals surface area (Å²) in [5.41, 5.74) is 1.75. The molecule has 0 saturated heterocycles. The fourth-order valence-corrected chi connectivity index (χ4v) is 1.54. The van der Waals surface area contributed by atoms with Gasteiger partial charge in [-0.1, -0.05) is 60.7 Å². The second-order valence-electron chi connectivity index (χ2n) is 3.75. The highest BCUT2D eigenvalue weighted by molar-refractivity contribution is 5.72. The highest BCUT2D eigenvalue weighted by atomic mass is 16.7. The van der Waals surface area contributed by atoms with Crippen LogP contribution in [0.3, 0.4) is 0 Å². The van der Waals surface area contributed by atoms with Crippen molar-refractivity contribution < 1.29 is 10.8 Å². The predicted molar refractivity (Wildman–Crippen MR) is 74.3 cm³/mol. The number of hydrogen-bond acceptors (Lipinski definition) is 2. The maximum absolute atomic E-state index is 8.17. The lowest BCUT2D eigenvalue weighted by atomic mass is 10.1. The average Bonchev–Trinajstić information content (AvgIpc) is 2.46. The Kier molecular flexibility index (Phi) is 4.07. The Morgan fingerprint density at radius 2 is 1.78 bits per heavy atom. The van der Waals surface area contributed by atoms with Gasteiger partial charge < -0.3 is 9.47 Å². The summed E-state index contributed by atoms with van der Waals surface area (Å²) in [6.45, 7) is 0.176. The summed E-state index contributed by atoms with van der Waals surface area (Å²) in [6, 6.07) is 17.7. The van der Waals surface area contributed by atoms with Crippen molar-refractivity contribution in [2.75, 3.05) is 13.9 Å². The molecule has 0 bridgehead atoms. The van der Waals surface area contributed by atoms with E-state index in [1.807, 2.05) is 60.7 Å². The van der Waals surface area contributed by atoms with Crippen LogP contribution < -0.4 is 4.74 Å². The van der Waals surface area contributed by atoms with Gasteiger partial charge in [-0.15, -0.1) is 0 Å².